The Balaban J connectivity index is 1.67. The number of amides is 2. The van der Waals surface area contributed by atoms with E-state index in [2.05, 4.69) is 27.8 Å². The number of hydrogen-bond acceptors (Lipinski definition) is 6. The zero-order valence-corrected chi connectivity index (χ0v) is 19.7. The second kappa shape index (κ2) is 10.4. The van der Waals surface area contributed by atoms with Gasteiger partial charge in [-0.3, -0.25) is 9.59 Å². The molecule has 0 saturated heterocycles. The predicted molar refractivity (Wildman–Crippen MR) is 134 cm³/mol. The molecule has 0 bridgehead atoms. The van der Waals surface area contributed by atoms with Crippen molar-refractivity contribution in [3.8, 4) is 17.2 Å². The van der Waals surface area contributed by atoms with Crippen LogP contribution in [0, 0.1) is 11.3 Å². The van der Waals surface area contributed by atoms with Crippen LogP contribution in [-0.2, 0) is 4.79 Å². The third kappa shape index (κ3) is 5.15. The molecule has 178 valence electrons. The number of carbonyl (C=O) groups excluding carboxylic acids is 2. The predicted octanol–water partition coefficient (Wildman–Crippen LogP) is 3.64. The van der Waals surface area contributed by atoms with Gasteiger partial charge in [0.05, 0.1) is 18.2 Å². The maximum Gasteiger partial charge on any atom is 0.251 e. The molecular formula is C27H27N5O3. The molecule has 8 nitrogen and oxygen atoms in total. The molecule has 2 unspecified atom stereocenters. The fourth-order valence-corrected chi connectivity index (χ4v) is 4.47. The van der Waals surface area contributed by atoms with Gasteiger partial charge in [0, 0.05) is 37.0 Å². The lowest BCUT2D eigenvalue weighted by Gasteiger charge is -2.39. The van der Waals surface area contributed by atoms with E-state index in [1.165, 1.54) is 6.20 Å². The molecule has 0 fully saturated rings. The summed E-state index contributed by atoms with van der Waals surface area (Å²) in [7, 11) is 0. The van der Waals surface area contributed by atoms with Crippen LogP contribution in [0.5, 0.6) is 0 Å². The number of hydrogen-bond donors (Lipinski definition) is 3. The second-order valence-corrected chi connectivity index (χ2v) is 8.55. The number of nitrogens with zero attached hydrogens (tertiary/aromatic N) is 3. The van der Waals surface area contributed by atoms with Crippen molar-refractivity contribution in [2.45, 2.75) is 32.4 Å². The summed E-state index contributed by atoms with van der Waals surface area (Å²) in [6, 6.07) is 18.8. The number of fused-ring (bicyclic) bond motifs is 1. The summed E-state index contributed by atoms with van der Waals surface area (Å²) < 4.78 is 0. The number of aromatic nitrogens is 1. The first-order valence-corrected chi connectivity index (χ1v) is 11.5. The highest BCUT2D eigenvalue weighted by Gasteiger charge is 2.32. The van der Waals surface area contributed by atoms with E-state index in [1.807, 2.05) is 36.1 Å². The lowest BCUT2D eigenvalue weighted by atomic mass is 9.89. The molecule has 1 aromatic heterocycles. The highest BCUT2D eigenvalue weighted by Crippen LogP contribution is 2.41. The molecule has 1 aliphatic rings. The average Bonchev–Trinajstić information content (AvgIpc) is 2.87. The van der Waals surface area contributed by atoms with Crippen molar-refractivity contribution in [2.75, 3.05) is 23.4 Å². The van der Waals surface area contributed by atoms with Gasteiger partial charge in [0.1, 0.15) is 11.9 Å². The standard InChI is InChI=1S/C27H27N5O3/c1-17-13-24(31-26-10-3-19(15-28)16-30-26)23-14-22(8-9-25(23)32(17)18(2)34)20-4-6-21(7-5-20)27(35)29-11-12-33/h3-10,14,16-17,24,33H,11-13H2,1-2H3,(H,29,35)(H,30,31). The Kier molecular flexibility index (Phi) is 7.09. The lowest BCUT2D eigenvalue weighted by molar-refractivity contribution is -0.117. The van der Waals surface area contributed by atoms with Crippen LogP contribution >= 0.6 is 0 Å². The van der Waals surface area contributed by atoms with Crippen LogP contribution in [0.3, 0.4) is 0 Å². The Morgan fingerprint density at radius 1 is 1.14 bits per heavy atom. The molecule has 8 heteroatoms. The number of aliphatic hydroxyl groups is 1. The molecule has 0 spiro atoms. The van der Waals surface area contributed by atoms with Gasteiger partial charge in [-0.1, -0.05) is 18.2 Å². The molecule has 0 radical (unpaired) electrons. The molecule has 1 aliphatic heterocycles. The molecule has 3 N–H and O–H groups in total. The zero-order valence-electron chi connectivity index (χ0n) is 19.7. The van der Waals surface area contributed by atoms with E-state index in [0.29, 0.717) is 23.4 Å². The largest absolute Gasteiger partial charge is 0.395 e. The van der Waals surface area contributed by atoms with Gasteiger partial charge in [-0.05, 0) is 66.4 Å². The van der Waals surface area contributed by atoms with Crippen LogP contribution < -0.4 is 15.5 Å². The van der Waals surface area contributed by atoms with Crippen LogP contribution in [0.25, 0.3) is 11.1 Å². The first kappa shape index (κ1) is 23.9. The minimum Gasteiger partial charge on any atom is -0.395 e. The zero-order chi connectivity index (χ0) is 24.9. The van der Waals surface area contributed by atoms with Gasteiger partial charge in [-0.15, -0.1) is 0 Å². The van der Waals surface area contributed by atoms with Crippen molar-refractivity contribution < 1.29 is 14.7 Å². The number of anilines is 2. The van der Waals surface area contributed by atoms with Gasteiger partial charge in [0.25, 0.3) is 5.91 Å². The van der Waals surface area contributed by atoms with Crippen molar-refractivity contribution in [1.29, 1.82) is 5.26 Å². The van der Waals surface area contributed by atoms with Crippen molar-refractivity contribution in [1.82, 2.24) is 10.3 Å². The number of nitriles is 1. The minimum absolute atomic E-state index is 0.00144. The topological polar surface area (TPSA) is 118 Å². The Labute approximate surface area is 204 Å². The summed E-state index contributed by atoms with van der Waals surface area (Å²) in [5, 5.41) is 24.1. The Bertz CT molecular complexity index is 1270. The average molecular weight is 470 g/mol. The molecule has 2 aromatic carbocycles. The first-order valence-electron chi connectivity index (χ1n) is 11.5. The van der Waals surface area contributed by atoms with Crippen molar-refractivity contribution >= 4 is 23.3 Å². The van der Waals surface area contributed by atoms with E-state index in [4.69, 9.17) is 10.4 Å². The van der Waals surface area contributed by atoms with E-state index in [1.54, 1.807) is 31.2 Å². The first-order chi connectivity index (χ1) is 16.9. The van der Waals surface area contributed by atoms with E-state index >= 15 is 0 Å². The highest BCUT2D eigenvalue weighted by atomic mass is 16.3. The summed E-state index contributed by atoms with van der Waals surface area (Å²) >= 11 is 0. The Morgan fingerprint density at radius 2 is 1.89 bits per heavy atom. The summed E-state index contributed by atoms with van der Waals surface area (Å²) in [4.78, 5) is 30.8. The fourth-order valence-electron chi connectivity index (χ4n) is 4.47. The van der Waals surface area contributed by atoms with Crippen LogP contribution in [0.2, 0.25) is 0 Å². The summed E-state index contributed by atoms with van der Waals surface area (Å²) in [6.45, 7) is 3.70. The van der Waals surface area contributed by atoms with Gasteiger partial charge >= 0.3 is 0 Å². The third-order valence-electron chi connectivity index (χ3n) is 6.11. The van der Waals surface area contributed by atoms with E-state index in [9.17, 15) is 9.59 Å². The van der Waals surface area contributed by atoms with Gasteiger partial charge in [-0.2, -0.15) is 5.26 Å². The molecule has 0 saturated carbocycles. The summed E-state index contributed by atoms with van der Waals surface area (Å²) in [6.07, 6.45) is 2.23. The minimum atomic E-state index is -0.235. The van der Waals surface area contributed by atoms with Gasteiger partial charge < -0.3 is 20.6 Å². The molecular weight excluding hydrogens is 442 g/mol. The van der Waals surface area contributed by atoms with E-state index in [0.717, 1.165) is 22.4 Å². The number of carbonyl (C=O) groups is 2. The summed E-state index contributed by atoms with van der Waals surface area (Å²) in [5.74, 6) is 0.410. The highest BCUT2D eigenvalue weighted by molar-refractivity contribution is 5.95. The Hall–Kier alpha value is -4.22. The van der Waals surface area contributed by atoms with Crippen molar-refractivity contribution in [2.24, 2.45) is 0 Å². The molecule has 0 aliphatic carbocycles. The Morgan fingerprint density at radius 3 is 2.51 bits per heavy atom. The van der Waals surface area contributed by atoms with Gasteiger partial charge in [0.15, 0.2) is 0 Å². The van der Waals surface area contributed by atoms with Gasteiger partial charge in [0.2, 0.25) is 5.91 Å². The smallest absolute Gasteiger partial charge is 0.251 e. The fraction of sp³-hybridized carbons (Fsp3) is 0.259. The van der Waals surface area contributed by atoms with Gasteiger partial charge in [-0.25, -0.2) is 4.98 Å². The maximum absolute atomic E-state index is 12.4. The summed E-state index contributed by atoms with van der Waals surface area (Å²) in [5.41, 5.74) is 4.74. The monoisotopic (exact) mass is 469 g/mol. The molecule has 2 atom stereocenters. The van der Waals surface area contributed by atoms with Crippen LogP contribution in [0.4, 0.5) is 11.5 Å². The number of benzene rings is 2. The molecule has 2 amide bonds. The number of aliphatic hydroxyl groups excluding tert-OH is 1. The number of pyridine rings is 1. The number of rotatable bonds is 6. The molecule has 3 aromatic rings. The van der Waals surface area contributed by atoms with Crippen molar-refractivity contribution in [3.05, 3.63) is 77.5 Å². The quantitative estimate of drug-likeness (QED) is 0.507. The van der Waals surface area contributed by atoms with E-state index in [-0.39, 0.29) is 37.0 Å². The van der Waals surface area contributed by atoms with Crippen LogP contribution in [-0.4, -0.2) is 41.1 Å². The maximum atomic E-state index is 12.4. The third-order valence-corrected chi connectivity index (χ3v) is 6.11. The van der Waals surface area contributed by atoms with Crippen LogP contribution in [0.1, 0.15) is 47.8 Å². The lowest BCUT2D eigenvalue weighted by Crippen LogP contribution is -2.43. The van der Waals surface area contributed by atoms with Crippen LogP contribution in [0.15, 0.2) is 60.8 Å². The SMILES string of the molecule is CC(=O)N1c2ccc(-c3ccc(C(=O)NCCO)cc3)cc2C(Nc2ccc(C#N)cn2)CC1C. The molecule has 35 heavy (non-hydrogen) atoms. The normalized spacial score (nSPS) is 16.7. The number of nitrogens with one attached hydrogen (secondary N) is 2. The van der Waals surface area contributed by atoms with E-state index < -0.39 is 0 Å². The van der Waals surface area contributed by atoms with Crippen molar-refractivity contribution in [3.63, 3.8) is 0 Å². The molecule has 2 heterocycles. The second-order valence-electron chi connectivity index (χ2n) is 8.55. The molecule has 4 rings (SSSR count).